The molecule has 1 unspecified atom stereocenters. The van der Waals surface area contributed by atoms with Crippen LogP contribution in [0.4, 0.5) is 0 Å². The summed E-state index contributed by atoms with van der Waals surface area (Å²) in [6.07, 6.45) is 0.888. The van der Waals surface area contributed by atoms with E-state index in [-0.39, 0.29) is 17.7 Å². The zero-order chi connectivity index (χ0) is 23.2. The Bertz CT molecular complexity index is 1110. The predicted octanol–water partition coefficient (Wildman–Crippen LogP) is 4.06. The molecule has 3 aromatic carbocycles. The van der Waals surface area contributed by atoms with Gasteiger partial charge in [-0.3, -0.25) is 9.59 Å². The maximum absolute atomic E-state index is 13.2. The number of hydrogen-bond donors (Lipinski definition) is 0. The number of likely N-dealkylation sites (N-methyl/N-ethyl adjacent to an activating group) is 1. The molecule has 1 aliphatic rings. The summed E-state index contributed by atoms with van der Waals surface area (Å²) in [5, 5.41) is 0. The number of hydrogen-bond acceptors (Lipinski definition) is 3. The van der Waals surface area contributed by atoms with Gasteiger partial charge >= 0.3 is 0 Å². The first-order valence-corrected chi connectivity index (χ1v) is 11.3. The van der Waals surface area contributed by atoms with Gasteiger partial charge in [0.1, 0.15) is 5.75 Å². The predicted molar refractivity (Wildman–Crippen MR) is 130 cm³/mol. The van der Waals surface area contributed by atoms with Crippen molar-refractivity contribution in [3.05, 3.63) is 90.0 Å². The highest BCUT2D eigenvalue weighted by Crippen LogP contribution is 2.27. The van der Waals surface area contributed by atoms with Gasteiger partial charge in [-0.25, -0.2) is 0 Å². The third-order valence-corrected chi connectivity index (χ3v) is 6.28. The van der Waals surface area contributed by atoms with E-state index in [0.29, 0.717) is 32.5 Å². The zero-order valence-electron chi connectivity index (χ0n) is 19.2. The fourth-order valence-electron chi connectivity index (χ4n) is 4.44. The molecule has 1 saturated heterocycles. The van der Waals surface area contributed by atoms with E-state index in [9.17, 15) is 9.59 Å². The fraction of sp³-hybridized carbons (Fsp3) is 0.286. The highest BCUT2D eigenvalue weighted by atomic mass is 16.5. The van der Waals surface area contributed by atoms with Gasteiger partial charge in [0.05, 0.1) is 19.4 Å². The second-order valence-electron chi connectivity index (χ2n) is 8.55. The fourth-order valence-corrected chi connectivity index (χ4v) is 4.44. The van der Waals surface area contributed by atoms with E-state index in [1.165, 1.54) is 0 Å². The molecule has 5 heteroatoms. The van der Waals surface area contributed by atoms with Crippen LogP contribution in [0.5, 0.6) is 5.75 Å². The number of carbonyl (C=O) groups is 2. The SMILES string of the molecule is COc1cccc(CC(=O)N2CCN(C)C(=O)C(Cc3ccccc3-c3ccccc3)C2)c1. The summed E-state index contributed by atoms with van der Waals surface area (Å²) in [5.74, 6) is 0.584. The molecule has 1 atom stereocenters. The van der Waals surface area contributed by atoms with Crippen molar-refractivity contribution in [3.63, 3.8) is 0 Å². The van der Waals surface area contributed by atoms with Gasteiger partial charge in [-0.1, -0.05) is 66.7 Å². The van der Waals surface area contributed by atoms with Crippen LogP contribution in [-0.4, -0.2) is 55.4 Å². The monoisotopic (exact) mass is 442 g/mol. The second-order valence-corrected chi connectivity index (χ2v) is 8.55. The van der Waals surface area contributed by atoms with Crippen LogP contribution in [0.25, 0.3) is 11.1 Å². The minimum absolute atomic E-state index is 0.0349. The Hall–Kier alpha value is -3.60. The third kappa shape index (κ3) is 5.43. The molecule has 0 N–H and O–H groups in total. The summed E-state index contributed by atoms with van der Waals surface area (Å²) in [4.78, 5) is 30.0. The molecule has 1 fully saturated rings. The Morgan fingerprint density at radius 2 is 1.73 bits per heavy atom. The molecular weight excluding hydrogens is 412 g/mol. The van der Waals surface area contributed by atoms with Crippen molar-refractivity contribution in [3.8, 4) is 16.9 Å². The molecule has 0 aromatic heterocycles. The van der Waals surface area contributed by atoms with Gasteiger partial charge in [0, 0.05) is 26.7 Å². The highest BCUT2D eigenvalue weighted by Gasteiger charge is 2.31. The maximum atomic E-state index is 13.2. The summed E-state index contributed by atoms with van der Waals surface area (Å²) in [5.41, 5.74) is 4.30. The molecule has 4 rings (SSSR count). The molecule has 3 aromatic rings. The largest absolute Gasteiger partial charge is 0.497 e. The zero-order valence-corrected chi connectivity index (χ0v) is 19.2. The van der Waals surface area contributed by atoms with E-state index in [1.54, 1.807) is 12.0 Å². The molecule has 2 amide bonds. The van der Waals surface area contributed by atoms with Crippen molar-refractivity contribution in [2.45, 2.75) is 12.8 Å². The smallest absolute Gasteiger partial charge is 0.227 e. The number of ether oxygens (including phenoxy) is 1. The third-order valence-electron chi connectivity index (χ3n) is 6.28. The van der Waals surface area contributed by atoms with Crippen molar-refractivity contribution in [1.29, 1.82) is 0 Å². The minimum Gasteiger partial charge on any atom is -0.497 e. The number of benzene rings is 3. The summed E-state index contributed by atoms with van der Waals surface area (Å²) >= 11 is 0. The second kappa shape index (κ2) is 10.3. The first-order chi connectivity index (χ1) is 16.0. The molecule has 1 heterocycles. The molecule has 0 spiro atoms. The molecule has 33 heavy (non-hydrogen) atoms. The quantitative estimate of drug-likeness (QED) is 0.578. The Balaban J connectivity index is 1.54. The number of amides is 2. The van der Waals surface area contributed by atoms with Crippen LogP contribution in [0, 0.1) is 5.92 Å². The van der Waals surface area contributed by atoms with Crippen molar-refractivity contribution in [2.75, 3.05) is 33.8 Å². The summed E-state index contributed by atoms with van der Waals surface area (Å²) in [6, 6.07) is 26.0. The van der Waals surface area contributed by atoms with Crippen LogP contribution in [-0.2, 0) is 22.4 Å². The van der Waals surface area contributed by atoms with Crippen molar-refractivity contribution in [1.82, 2.24) is 9.80 Å². The van der Waals surface area contributed by atoms with Crippen LogP contribution in [0.15, 0.2) is 78.9 Å². The van der Waals surface area contributed by atoms with Gasteiger partial charge in [-0.2, -0.15) is 0 Å². The van der Waals surface area contributed by atoms with Crippen LogP contribution in [0.3, 0.4) is 0 Å². The van der Waals surface area contributed by atoms with Crippen molar-refractivity contribution >= 4 is 11.8 Å². The van der Waals surface area contributed by atoms with E-state index in [4.69, 9.17) is 4.74 Å². The Morgan fingerprint density at radius 3 is 2.52 bits per heavy atom. The molecule has 170 valence electrons. The number of methoxy groups -OCH3 is 1. The van der Waals surface area contributed by atoms with E-state index < -0.39 is 0 Å². The topological polar surface area (TPSA) is 49.9 Å². The Labute approximate surface area is 195 Å². The highest BCUT2D eigenvalue weighted by molar-refractivity contribution is 5.83. The Kier molecular flexibility index (Phi) is 7.08. The standard InChI is InChI=1S/C28H30N2O3/c1-29-15-16-30(27(31)18-21-9-8-13-25(17-21)33-2)20-24(28(29)32)19-23-12-6-7-14-26(23)22-10-4-3-5-11-22/h3-14,17,24H,15-16,18-20H2,1-2H3. The molecule has 0 radical (unpaired) electrons. The lowest BCUT2D eigenvalue weighted by molar-refractivity contribution is -0.133. The number of rotatable bonds is 6. The molecule has 1 aliphatic heterocycles. The molecular formula is C28H30N2O3. The van der Waals surface area contributed by atoms with Crippen LogP contribution < -0.4 is 4.74 Å². The average Bonchev–Trinajstić information content (AvgIpc) is 2.99. The summed E-state index contributed by atoms with van der Waals surface area (Å²) in [6.45, 7) is 1.51. The van der Waals surface area contributed by atoms with E-state index in [2.05, 4.69) is 24.3 Å². The molecule has 5 nitrogen and oxygen atoms in total. The lowest BCUT2D eigenvalue weighted by Crippen LogP contribution is -2.38. The average molecular weight is 443 g/mol. The van der Waals surface area contributed by atoms with Gasteiger partial charge in [-0.05, 0) is 40.8 Å². The number of carbonyl (C=O) groups excluding carboxylic acids is 2. The number of nitrogens with zero attached hydrogens (tertiary/aromatic N) is 2. The van der Waals surface area contributed by atoms with Crippen molar-refractivity contribution in [2.24, 2.45) is 5.92 Å². The Morgan fingerprint density at radius 1 is 0.970 bits per heavy atom. The van der Waals surface area contributed by atoms with E-state index in [0.717, 1.165) is 28.0 Å². The van der Waals surface area contributed by atoms with Crippen LogP contribution in [0.2, 0.25) is 0 Å². The van der Waals surface area contributed by atoms with Gasteiger partial charge in [0.25, 0.3) is 0 Å². The first kappa shape index (κ1) is 22.6. The van der Waals surface area contributed by atoms with E-state index >= 15 is 0 Å². The lowest BCUT2D eigenvalue weighted by atomic mass is 9.91. The lowest BCUT2D eigenvalue weighted by Gasteiger charge is -2.24. The van der Waals surface area contributed by atoms with Crippen LogP contribution in [0.1, 0.15) is 11.1 Å². The normalized spacial score (nSPS) is 16.4. The van der Waals surface area contributed by atoms with Gasteiger partial charge in [0.2, 0.25) is 11.8 Å². The summed E-state index contributed by atoms with van der Waals surface area (Å²) < 4.78 is 5.28. The molecule has 0 saturated carbocycles. The van der Waals surface area contributed by atoms with Crippen molar-refractivity contribution < 1.29 is 14.3 Å². The van der Waals surface area contributed by atoms with Gasteiger partial charge < -0.3 is 14.5 Å². The van der Waals surface area contributed by atoms with Gasteiger partial charge in [0.15, 0.2) is 0 Å². The molecule has 0 bridgehead atoms. The first-order valence-electron chi connectivity index (χ1n) is 11.3. The summed E-state index contributed by atoms with van der Waals surface area (Å²) in [7, 11) is 3.45. The van der Waals surface area contributed by atoms with Crippen LogP contribution >= 0.6 is 0 Å². The van der Waals surface area contributed by atoms with Gasteiger partial charge in [-0.15, -0.1) is 0 Å². The maximum Gasteiger partial charge on any atom is 0.227 e. The molecule has 0 aliphatic carbocycles. The van der Waals surface area contributed by atoms with E-state index in [1.807, 2.05) is 66.5 Å². The minimum atomic E-state index is -0.281.